The van der Waals surface area contributed by atoms with Crippen LogP contribution < -0.4 is 10.0 Å². The van der Waals surface area contributed by atoms with E-state index in [4.69, 9.17) is 4.74 Å². The van der Waals surface area contributed by atoms with E-state index in [-0.39, 0.29) is 16.9 Å². The minimum atomic E-state index is -3.74. The summed E-state index contributed by atoms with van der Waals surface area (Å²) in [5, 5.41) is 3.10. The van der Waals surface area contributed by atoms with Gasteiger partial charge >= 0.3 is 0 Å². The molecule has 1 aliphatic heterocycles. The van der Waals surface area contributed by atoms with Gasteiger partial charge < -0.3 is 14.6 Å². The average Bonchev–Trinajstić information content (AvgIpc) is 3.24. The van der Waals surface area contributed by atoms with Crippen LogP contribution in [0.2, 0.25) is 0 Å². The Morgan fingerprint density at radius 2 is 1.64 bits per heavy atom. The van der Waals surface area contributed by atoms with Crippen LogP contribution in [0.5, 0.6) is 0 Å². The second kappa shape index (κ2) is 13.2. The van der Waals surface area contributed by atoms with Crippen LogP contribution in [0.15, 0.2) is 29.2 Å². The molecule has 1 saturated heterocycles. The maximum atomic E-state index is 13.7. The van der Waals surface area contributed by atoms with Crippen molar-refractivity contribution >= 4 is 15.9 Å². The van der Waals surface area contributed by atoms with E-state index in [1.54, 1.807) is 0 Å². The molecule has 2 aromatic rings. The van der Waals surface area contributed by atoms with Crippen LogP contribution in [0.4, 0.5) is 0 Å². The van der Waals surface area contributed by atoms with Gasteiger partial charge in [0.25, 0.3) is 5.91 Å². The van der Waals surface area contributed by atoms with Crippen LogP contribution in [0.1, 0.15) is 95.3 Å². The van der Waals surface area contributed by atoms with Crippen LogP contribution in [0.25, 0.3) is 11.3 Å². The molecule has 9 heteroatoms. The molecule has 1 saturated carbocycles. The van der Waals surface area contributed by atoms with E-state index < -0.39 is 10.0 Å². The summed E-state index contributed by atoms with van der Waals surface area (Å²) in [5.41, 5.74) is 3.52. The van der Waals surface area contributed by atoms with Crippen molar-refractivity contribution in [3.05, 3.63) is 41.1 Å². The van der Waals surface area contributed by atoms with Gasteiger partial charge in [0.05, 0.1) is 13.2 Å². The number of benzene rings is 1. The van der Waals surface area contributed by atoms with Crippen molar-refractivity contribution in [1.82, 2.24) is 19.5 Å². The highest BCUT2D eigenvalue weighted by molar-refractivity contribution is 7.89. The molecule has 0 bridgehead atoms. The summed E-state index contributed by atoms with van der Waals surface area (Å²) in [7, 11) is -3.74. The Morgan fingerprint density at radius 1 is 0.976 bits per heavy atom. The van der Waals surface area contributed by atoms with Gasteiger partial charge in [-0.25, -0.2) is 13.1 Å². The molecule has 2 fully saturated rings. The smallest absolute Gasteiger partial charge is 0.251 e. The van der Waals surface area contributed by atoms with Crippen molar-refractivity contribution in [3.8, 4) is 11.3 Å². The van der Waals surface area contributed by atoms with E-state index in [9.17, 15) is 13.2 Å². The predicted octanol–water partition coefficient (Wildman–Crippen LogP) is 5.48. The van der Waals surface area contributed by atoms with Gasteiger partial charge in [0, 0.05) is 55.2 Å². The number of morpholine rings is 1. The molecule has 2 N–H and O–H groups in total. The summed E-state index contributed by atoms with van der Waals surface area (Å²) in [6.07, 6.45) is 5.99. The third-order valence-electron chi connectivity index (χ3n) is 8.44. The Labute approximate surface area is 253 Å². The molecule has 0 atom stereocenters. The van der Waals surface area contributed by atoms with Crippen LogP contribution in [-0.2, 0) is 26.7 Å². The lowest BCUT2D eigenvalue weighted by Gasteiger charge is -2.26. The number of aromatic nitrogens is 1. The highest BCUT2D eigenvalue weighted by Gasteiger charge is 2.28. The number of carbonyl (C=O) groups excluding carboxylic acids is 1. The molecule has 2 heterocycles. The van der Waals surface area contributed by atoms with Crippen LogP contribution in [0.3, 0.4) is 0 Å². The van der Waals surface area contributed by atoms with Crippen molar-refractivity contribution in [3.63, 3.8) is 0 Å². The van der Waals surface area contributed by atoms with Gasteiger partial charge in [-0.15, -0.1) is 0 Å². The first-order valence-electron chi connectivity index (χ1n) is 15.6. The highest BCUT2D eigenvalue weighted by Crippen LogP contribution is 2.35. The maximum Gasteiger partial charge on any atom is 0.251 e. The fourth-order valence-corrected chi connectivity index (χ4v) is 7.27. The second-order valence-electron chi connectivity index (χ2n) is 14.2. The number of hydrogen-bond donors (Lipinski definition) is 2. The minimum Gasteiger partial charge on any atom is -0.379 e. The van der Waals surface area contributed by atoms with Crippen LogP contribution in [-0.4, -0.2) is 68.7 Å². The molecule has 0 radical (unpaired) electrons. The molecule has 1 aliphatic carbocycles. The molecular weight excluding hydrogens is 548 g/mol. The molecule has 1 aromatic heterocycles. The first-order valence-corrected chi connectivity index (χ1v) is 17.1. The van der Waals surface area contributed by atoms with Gasteiger partial charge in [0.2, 0.25) is 10.0 Å². The van der Waals surface area contributed by atoms with Crippen molar-refractivity contribution in [2.45, 2.75) is 103 Å². The zero-order chi connectivity index (χ0) is 30.7. The number of sulfonamides is 1. The molecule has 0 unspecified atom stereocenters. The lowest BCUT2D eigenvalue weighted by Crippen LogP contribution is -2.41. The number of nitrogens with zero attached hydrogens (tertiary/aromatic N) is 2. The number of hydrogen-bond acceptors (Lipinski definition) is 5. The number of ether oxygens (including phenoxy) is 1. The summed E-state index contributed by atoms with van der Waals surface area (Å²) in [4.78, 5) is 15.9. The molecule has 1 aromatic carbocycles. The molecular formula is C33H52N4O4S. The average molecular weight is 601 g/mol. The fraction of sp³-hybridized carbons (Fsp3) is 0.667. The Bertz CT molecular complexity index is 1340. The van der Waals surface area contributed by atoms with E-state index in [2.05, 4.69) is 46.3 Å². The van der Waals surface area contributed by atoms with E-state index in [1.807, 2.05) is 45.9 Å². The molecule has 2 aliphatic rings. The maximum absolute atomic E-state index is 13.7. The summed E-state index contributed by atoms with van der Waals surface area (Å²) < 4.78 is 37.9. The van der Waals surface area contributed by atoms with Gasteiger partial charge in [0.1, 0.15) is 4.90 Å². The van der Waals surface area contributed by atoms with Gasteiger partial charge in [-0.2, -0.15) is 0 Å². The summed E-state index contributed by atoms with van der Waals surface area (Å²) in [6.45, 7) is 19.0. The van der Waals surface area contributed by atoms with Crippen LogP contribution in [0, 0.1) is 12.8 Å². The predicted molar refractivity (Wildman–Crippen MR) is 170 cm³/mol. The first kappa shape index (κ1) is 32.7. The summed E-state index contributed by atoms with van der Waals surface area (Å²) >= 11 is 0. The number of amides is 1. The van der Waals surface area contributed by atoms with E-state index in [0.717, 1.165) is 55.0 Å². The molecule has 42 heavy (non-hydrogen) atoms. The van der Waals surface area contributed by atoms with Crippen molar-refractivity contribution in [2.75, 3.05) is 39.4 Å². The van der Waals surface area contributed by atoms with Crippen molar-refractivity contribution < 1.29 is 17.9 Å². The Balaban J connectivity index is 1.75. The van der Waals surface area contributed by atoms with E-state index >= 15 is 0 Å². The summed E-state index contributed by atoms with van der Waals surface area (Å²) in [6, 6.07) is 7.84. The summed E-state index contributed by atoms with van der Waals surface area (Å²) in [5.74, 6) is 0.373. The standard InChI is InChI=1S/C33H52N4O4S/c1-24-30(42(39,40)34-13-14-36-15-17-41-18-16-36)22-29(37(24)23-25-11-9-8-10-12-25)26-19-27(31(38)35-33(5,6)7)21-28(20-26)32(2,3)4/h19-22,25,34H,8-18,23H2,1-7H3,(H,35,38). The fourth-order valence-electron chi connectivity index (χ4n) is 5.99. The number of nitrogens with one attached hydrogen (secondary N) is 2. The van der Waals surface area contributed by atoms with Gasteiger partial charge in [-0.3, -0.25) is 9.69 Å². The normalized spacial score (nSPS) is 17.9. The Morgan fingerprint density at radius 3 is 2.26 bits per heavy atom. The molecule has 1 amide bonds. The van der Waals surface area contributed by atoms with Gasteiger partial charge in [-0.05, 0) is 87.3 Å². The zero-order valence-electron chi connectivity index (χ0n) is 26.8. The molecule has 0 spiro atoms. The Kier molecular flexibility index (Phi) is 10.3. The third-order valence-corrected chi connectivity index (χ3v) is 10.0. The van der Waals surface area contributed by atoms with Crippen molar-refractivity contribution in [2.24, 2.45) is 5.92 Å². The lowest BCUT2D eigenvalue weighted by molar-refractivity contribution is 0.0390. The van der Waals surface area contributed by atoms with Crippen LogP contribution >= 0.6 is 0 Å². The SMILES string of the molecule is Cc1c(S(=O)(=O)NCCN2CCOCC2)cc(-c2cc(C(=O)NC(C)(C)C)cc(C(C)(C)C)c2)n1CC1CCCCC1. The second-order valence-corrected chi connectivity index (χ2v) is 15.9. The van der Waals surface area contributed by atoms with Crippen molar-refractivity contribution in [1.29, 1.82) is 0 Å². The monoisotopic (exact) mass is 600 g/mol. The largest absolute Gasteiger partial charge is 0.379 e. The third kappa shape index (κ3) is 8.46. The van der Waals surface area contributed by atoms with Gasteiger partial charge in [-0.1, -0.05) is 40.0 Å². The topological polar surface area (TPSA) is 92.7 Å². The molecule has 234 valence electrons. The molecule has 4 rings (SSSR count). The number of rotatable bonds is 9. The van der Waals surface area contributed by atoms with E-state index in [0.29, 0.717) is 42.7 Å². The number of carbonyl (C=O) groups is 1. The van der Waals surface area contributed by atoms with E-state index in [1.165, 1.54) is 19.3 Å². The minimum absolute atomic E-state index is 0.130. The first-order chi connectivity index (χ1) is 19.6. The Hall–Kier alpha value is -2.20. The highest BCUT2D eigenvalue weighted by atomic mass is 32.2. The molecule has 8 nitrogen and oxygen atoms in total. The quantitative estimate of drug-likeness (QED) is 0.398. The van der Waals surface area contributed by atoms with Gasteiger partial charge in [0.15, 0.2) is 0 Å². The zero-order valence-corrected chi connectivity index (χ0v) is 27.6. The lowest BCUT2D eigenvalue weighted by atomic mass is 9.84.